The molecule has 0 aromatic heterocycles. The van der Waals surface area contributed by atoms with Gasteiger partial charge in [0.1, 0.15) is 18.3 Å². The van der Waals surface area contributed by atoms with Gasteiger partial charge in [-0.3, -0.25) is 4.79 Å². The minimum absolute atomic E-state index is 0.00312. The lowest BCUT2D eigenvalue weighted by molar-refractivity contribution is -0.238. The molecular formula is C39H62O18. The Morgan fingerprint density at radius 1 is 0.684 bits per heavy atom. The van der Waals surface area contributed by atoms with E-state index in [1.54, 1.807) is 6.92 Å². The van der Waals surface area contributed by atoms with E-state index in [0.717, 1.165) is 6.42 Å². The number of aliphatic hydroxyl groups excluding tert-OH is 14. The molecule has 4 aliphatic rings. The Labute approximate surface area is 330 Å². The Morgan fingerprint density at radius 2 is 1.19 bits per heavy atom. The van der Waals surface area contributed by atoms with Crippen LogP contribution in [0.2, 0.25) is 0 Å². The molecule has 4 saturated carbocycles. The van der Waals surface area contributed by atoms with Crippen molar-refractivity contribution >= 4 is 5.97 Å². The van der Waals surface area contributed by atoms with Crippen molar-refractivity contribution in [3.05, 3.63) is 46.7 Å². The van der Waals surface area contributed by atoms with E-state index in [1.165, 1.54) is 0 Å². The van der Waals surface area contributed by atoms with Crippen molar-refractivity contribution in [3.8, 4) is 0 Å². The second kappa shape index (κ2) is 18.0. The van der Waals surface area contributed by atoms with Gasteiger partial charge < -0.3 is 85.7 Å². The molecule has 8 unspecified atom stereocenters. The molecule has 0 saturated heterocycles. The van der Waals surface area contributed by atoms with Gasteiger partial charge in [-0.25, -0.2) is 0 Å². The summed E-state index contributed by atoms with van der Waals surface area (Å²) >= 11 is 0. The molecule has 0 aromatic carbocycles. The first-order valence-electron chi connectivity index (χ1n) is 19.4. The van der Waals surface area contributed by atoms with Gasteiger partial charge in [-0.2, -0.15) is 0 Å². The fraction of sp³-hybridized carbons (Fsp3) is 0.769. The zero-order chi connectivity index (χ0) is 42.8. The van der Waals surface area contributed by atoms with E-state index in [0.29, 0.717) is 50.5 Å². The fourth-order valence-electron chi connectivity index (χ4n) is 10.8. The predicted octanol–water partition coefficient (Wildman–Crippen LogP) is 1.51. The number of esters is 1. The molecule has 2 bridgehead atoms. The summed E-state index contributed by atoms with van der Waals surface area (Å²) < 4.78 is 16.7. The highest BCUT2D eigenvalue weighted by Gasteiger charge is 2.71. The minimum Gasteiger partial charge on any atom is -0.506 e. The molecule has 14 N–H and O–H groups in total. The van der Waals surface area contributed by atoms with Crippen LogP contribution in [-0.4, -0.2) is 140 Å². The lowest BCUT2D eigenvalue weighted by Crippen LogP contribution is -2.62. The first-order chi connectivity index (χ1) is 26.6. The van der Waals surface area contributed by atoms with E-state index >= 15 is 0 Å². The largest absolute Gasteiger partial charge is 0.506 e. The highest BCUT2D eigenvalue weighted by molar-refractivity contribution is 5.77. The summed E-state index contributed by atoms with van der Waals surface area (Å²) in [5.41, 5.74) is -2.57. The van der Waals surface area contributed by atoms with Gasteiger partial charge in [-0.15, -0.1) is 0 Å². The summed E-state index contributed by atoms with van der Waals surface area (Å²) in [6.45, 7) is 8.48. The van der Waals surface area contributed by atoms with Crippen LogP contribution < -0.4 is 0 Å². The molecular weight excluding hydrogens is 756 g/mol. The monoisotopic (exact) mass is 818 g/mol. The van der Waals surface area contributed by atoms with Crippen LogP contribution in [0.5, 0.6) is 0 Å². The zero-order valence-electron chi connectivity index (χ0n) is 32.7. The number of carbonyl (C=O) groups is 1. The molecule has 13 atom stereocenters. The van der Waals surface area contributed by atoms with Gasteiger partial charge in [0.2, 0.25) is 17.8 Å². The van der Waals surface area contributed by atoms with Crippen LogP contribution in [0.25, 0.3) is 0 Å². The molecule has 4 aliphatic carbocycles. The molecule has 0 aliphatic heterocycles. The SMILES string of the molecule is C=C1C[C@@]23CCC4[C@](C)(C(=O)OC(O)/C(O)=C(\O)C(O)CCO)CCC[C@@]4(C)[C@@H]2CCC1(OC(O)/C(O)=C(\OC(O)/C(O)=C(/O)C(O)CCO)C(O)CCO)[C@@H]3C. The van der Waals surface area contributed by atoms with E-state index in [4.69, 9.17) is 24.4 Å². The summed E-state index contributed by atoms with van der Waals surface area (Å²) in [6, 6.07) is 0. The van der Waals surface area contributed by atoms with Crippen LogP contribution in [0.4, 0.5) is 0 Å². The van der Waals surface area contributed by atoms with Gasteiger partial charge in [0, 0.05) is 39.1 Å². The zero-order valence-corrected chi connectivity index (χ0v) is 32.7. The maximum Gasteiger partial charge on any atom is 0.314 e. The Bertz CT molecular complexity index is 1560. The third kappa shape index (κ3) is 8.35. The van der Waals surface area contributed by atoms with Crippen LogP contribution in [0.15, 0.2) is 46.7 Å². The molecule has 18 nitrogen and oxygen atoms in total. The summed E-state index contributed by atoms with van der Waals surface area (Å²) in [7, 11) is 0. The third-order valence-corrected chi connectivity index (χ3v) is 13.7. The van der Waals surface area contributed by atoms with Crippen molar-refractivity contribution in [2.45, 2.75) is 134 Å². The quantitative estimate of drug-likeness (QED) is 0.0403. The highest BCUT2D eigenvalue weighted by Crippen LogP contribution is 2.75. The molecule has 0 aromatic rings. The van der Waals surface area contributed by atoms with Crippen molar-refractivity contribution in [2.75, 3.05) is 19.8 Å². The molecule has 326 valence electrons. The van der Waals surface area contributed by atoms with E-state index in [1.807, 2.05) is 6.92 Å². The summed E-state index contributed by atoms with van der Waals surface area (Å²) in [5.74, 6) is -7.96. The molecule has 0 heterocycles. The van der Waals surface area contributed by atoms with E-state index in [2.05, 4.69) is 13.5 Å². The molecule has 0 amide bonds. The fourth-order valence-corrected chi connectivity index (χ4v) is 10.8. The Morgan fingerprint density at radius 3 is 1.74 bits per heavy atom. The Kier molecular flexibility index (Phi) is 14.7. The molecule has 18 heteroatoms. The molecule has 4 rings (SSSR count). The maximum absolute atomic E-state index is 13.9. The van der Waals surface area contributed by atoms with E-state index < -0.39 is 132 Å². The van der Waals surface area contributed by atoms with Crippen LogP contribution in [0.1, 0.15) is 91.4 Å². The lowest BCUT2D eigenvalue weighted by Gasteiger charge is -2.65. The smallest absolute Gasteiger partial charge is 0.314 e. The van der Waals surface area contributed by atoms with Crippen LogP contribution in [0.3, 0.4) is 0 Å². The average molecular weight is 819 g/mol. The third-order valence-electron chi connectivity index (χ3n) is 13.7. The molecule has 1 spiro atoms. The van der Waals surface area contributed by atoms with E-state index in [9.17, 15) is 66.1 Å². The summed E-state index contributed by atoms with van der Waals surface area (Å²) in [6.07, 6.45) is -9.15. The van der Waals surface area contributed by atoms with Crippen molar-refractivity contribution in [2.24, 2.45) is 34.0 Å². The van der Waals surface area contributed by atoms with E-state index in [-0.39, 0.29) is 24.2 Å². The Balaban J connectivity index is 1.60. The van der Waals surface area contributed by atoms with Crippen LogP contribution in [0, 0.1) is 34.0 Å². The second-order valence-corrected chi connectivity index (χ2v) is 16.7. The number of aliphatic hydroxyl groups is 14. The van der Waals surface area contributed by atoms with Gasteiger partial charge in [0.25, 0.3) is 12.6 Å². The first kappa shape index (κ1) is 46.5. The average Bonchev–Trinajstić information content (AvgIpc) is 3.26. The number of carbonyl (C=O) groups excluding carboxylic acids is 1. The molecule has 4 fully saturated rings. The molecule has 57 heavy (non-hydrogen) atoms. The highest BCUT2D eigenvalue weighted by atomic mass is 16.7. The normalized spacial score (nSPS) is 35.6. The summed E-state index contributed by atoms with van der Waals surface area (Å²) in [5, 5.41) is 142. The summed E-state index contributed by atoms with van der Waals surface area (Å²) in [4.78, 5) is 13.9. The minimum atomic E-state index is -2.48. The van der Waals surface area contributed by atoms with Gasteiger partial charge in [0.05, 0.1) is 11.0 Å². The van der Waals surface area contributed by atoms with Crippen LogP contribution in [-0.2, 0) is 19.0 Å². The maximum atomic E-state index is 13.9. The topological polar surface area (TPSA) is 328 Å². The van der Waals surface area contributed by atoms with Crippen molar-refractivity contribution in [1.82, 2.24) is 0 Å². The Hall–Kier alpha value is -3.17. The number of ether oxygens (including phenoxy) is 3. The standard InChI is InChI=1S/C39H62O18/c1-19-18-38-13-6-24-36(3,11-5-12-37(24,4)35(54)56-33(52)29(49)27(47)22(44)9-16-41)25(38)7-14-39(19,20(38)2)57-34(53)30(50)31(23(45)10-17-42)55-32(51)28(48)26(46)21(43)8-15-40/h20-25,32-34,40-53H,1,5-18H2,2-4H3/b28-26-,29-27+,31-30+/t20-,21?,22?,23?,24?,25+,32?,33?,34?,36-,37-,38-,39?/m1/s1. The van der Waals surface area contributed by atoms with Crippen molar-refractivity contribution < 1.29 is 90.5 Å². The van der Waals surface area contributed by atoms with Crippen molar-refractivity contribution in [3.63, 3.8) is 0 Å². The lowest BCUT2D eigenvalue weighted by atomic mass is 9.39. The van der Waals surface area contributed by atoms with Gasteiger partial charge >= 0.3 is 5.97 Å². The predicted molar refractivity (Wildman–Crippen MR) is 197 cm³/mol. The van der Waals surface area contributed by atoms with Crippen LogP contribution >= 0.6 is 0 Å². The number of fused-ring (bicyclic) bond motifs is 3. The number of rotatable bonds is 18. The first-order valence-corrected chi connectivity index (χ1v) is 19.4. The number of hydrogen-bond donors (Lipinski definition) is 14. The second-order valence-electron chi connectivity index (χ2n) is 16.7. The number of hydrogen-bond acceptors (Lipinski definition) is 18. The van der Waals surface area contributed by atoms with Gasteiger partial charge in [0.15, 0.2) is 23.0 Å². The van der Waals surface area contributed by atoms with Gasteiger partial charge in [-0.05, 0) is 86.0 Å². The molecule has 0 radical (unpaired) electrons. The van der Waals surface area contributed by atoms with Gasteiger partial charge in [-0.1, -0.05) is 26.8 Å². The van der Waals surface area contributed by atoms with Crippen molar-refractivity contribution in [1.29, 1.82) is 0 Å².